The Labute approximate surface area is 323 Å². The average molecular weight is 741 g/mol. The molecule has 0 aromatic heterocycles. The summed E-state index contributed by atoms with van der Waals surface area (Å²) in [6.07, 6.45) is 11.3. The molecule has 0 N–H and O–H groups in total. The molecule has 0 atom stereocenters. The van der Waals surface area contributed by atoms with E-state index in [4.69, 9.17) is 37.9 Å². The van der Waals surface area contributed by atoms with E-state index in [-0.39, 0.29) is 0 Å². The van der Waals surface area contributed by atoms with Gasteiger partial charge in [0.25, 0.3) is 0 Å². The van der Waals surface area contributed by atoms with E-state index < -0.39 is 0 Å². The van der Waals surface area contributed by atoms with Gasteiger partial charge in [0.15, 0.2) is 0 Å². The minimum atomic E-state index is 0.567. The van der Waals surface area contributed by atoms with Crippen LogP contribution in [0.2, 0.25) is 0 Å². The van der Waals surface area contributed by atoms with Gasteiger partial charge in [0, 0.05) is 55.0 Å². The molecule has 54 heavy (non-hydrogen) atoms. The lowest BCUT2D eigenvalue weighted by atomic mass is 9.94. The lowest BCUT2D eigenvalue weighted by Gasteiger charge is -2.21. The van der Waals surface area contributed by atoms with E-state index in [0.29, 0.717) is 38.9 Å². The zero-order chi connectivity index (χ0) is 38.5. The van der Waals surface area contributed by atoms with Crippen molar-refractivity contribution in [3.8, 4) is 46.0 Å². The molecular weight excluding hydrogens is 680 g/mol. The summed E-state index contributed by atoms with van der Waals surface area (Å²) in [6, 6.07) is 16.9. The van der Waals surface area contributed by atoms with Gasteiger partial charge in [0.2, 0.25) is 0 Å². The van der Waals surface area contributed by atoms with E-state index in [1.807, 2.05) is 18.2 Å². The summed E-state index contributed by atoms with van der Waals surface area (Å²) in [7, 11) is 10.2. The Hall–Kier alpha value is -4.72. The van der Waals surface area contributed by atoms with E-state index in [0.717, 1.165) is 116 Å². The smallest absolute Gasteiger partial charge is 0.126 e. The van der Waals surface area contributed by atoms with E-state index >= 15 is 0 Å². The van der Waals surface area contributed by atoms with Gasteiger partial charge < -0.3 is 37.9 Å². The number of unbranched alkanes of at least 4 members (excludes halogenated alkanes) is 6. The second kappa shape index (κ2) is 20.1. The predicted octanol–water partition coefficient (Wildman–Crippen LogP) is 10.3. The van der Waals surface area contributed by atoms with Crippen molar-refractivity contribution >= 4 is 0 Å². The summed E-state index contributed by atoms with van der Waals surface area (Å²) in [5.74, 6) is 6.19. The summed E-state index contributed by atoms with van der Waals surface area (Å²) < 4.78 is 49.2. The first-order valence-corrected chi connectivity index (χ1v) is 19.5. The van der Waals surface area contributed by atoms with Crippen LogP contribution in [0.4, 0.5) is 0 Å². The van der Waals surface area contributed by atoms with E-state index in [1.54, 1.807) is 42.7 Å². The van der Waals surface area contributed by atoms with Crippen molar-refractivity contribution in [3.63, 3.8) is 0 Å². The average Bonchev–Trinajstić information content (AvgIpc) is 3.19. The summed E-state index contributed by atoms with van der Waals surface area (Å²) in [5.41, 5.74) is 8.20. The maximum Gasteiger partial charge on any atom is 0.126 e. The highest BCUT2D eigenvalue weighted by atomic mass is 16.5. The van der Waals surface area contributed by atoms with Gasteiger partial charge in [-0.15, -0.1) is 0 Å². The highest BCUT2D eigenvalue weighted by Gasteiger charge is 2.23. The van der Waals surface area contributed by atoms with Crippen LogP contribution in [-0.4, -0.2) is 55.9 Å². The summed E-state index contributed by atoms with van der Waals surface area (Å²) in [5, 5.41) is 0. The Balaban J connectivity index is 1.75. The second-order valence-corrected chi connectivity index (χ2v) is 14.0. The third-order valence-electron chi connectivity index (χ3n) is 10.3. The van der Waals surface area contributed by atoms with Crippen LogP contribution in [0.1, 0.15) is 110 Å². The van der Waals surface area contributed by atoms with Gasteiger partial charge in [-0.25, -0.2) is 0 Å². The molecule has 0 saturated carbocycles. The Kier molecular flexibility index (Phi) is 15.1. The van der Waals surface area contributed by atoms with E-state index in [2.05, 4.69) is 44.2 Å². The van der Waals surface area contributed by atoms with E-state index in [1.165, 1.54) is 25.7 Å². The van der Waals surface area contributed by atoms with Crippen molar-refractivity contribution in [1.82, 2.24) is 0 Å². The Morgan fingerprint density at radius 2 is 0.574 bits per heavy atom. The van der Waals surface area contributed by atoms with Crippen molar-refractivity contribution in [1.29, 1.82) is 0 Å². The second-order valence-electron chi connectivity index (χ2n) is 14.0. The summed E-state index contributed by atoms with van der Waals surface area (Å²) in [6.45, 7) is 5.74. The largest absolute Gasteiger partial charge is 0.496 e. The Bertz CT molecular complexity index is 1700. The number of fused-ring (bicyclic) bond motifs is 2. The van der Waals surface area contributed by atoms with Gasteiger partial charge in [0.05, 0.1) is 55.9 Å². The van der Waals surface area contributed by atoms with Crippen LogP contribution < -0.4 is 37.9 Å². The van der Waals surface area contributed by atoms with Crippen LogP contribution in [0.5, 0.6) is 46.0 Å². The van der Waals surface area contributed by atoms with Crippen LogP contribution in [0.25, 0.3) is 0 Å². The minimum absolute atomic E-state index is 0.567. The van der Waals surface area contributed by atoms with Gasteiger partial charge in [-0.3, -0.25) is 0 Å². The molecule has 2 aliphatic rings. The molecule has 0 fully saturated rings. The molecule has 292 valence electrons. The van der Waals surface area contributed by atoms with Crippen LogP contribution >= 0.6 is 0 Å². The highest BCUT2D eigenvalue weighted by molar-refractivity contribution is 5.58. The molecule has 4 aromatic rings. The van der Waals surface area contributed by atoms with Gasteiger partial charge in [-0.1, -0.05) is 52.4 Å². The molecule has 8 nitrogen and oxygen atoms in total. The van der Waals surface area contributed by atoms with Crippen LogP contribution in [-0.2, 0) is 25.7 Å². The summed E-state index contributed by atoms with van der Waals surface area (Å²) in [4.78, 5) is 0. The molecule has 8 bridgehead atoms. The molecule has 2 aliphatic carbocycles. The van der Waals surface area contributed by atoms with Crippen LogP contribution in [0.15, 0.2) is 48.5 Å². The number of methoxy groups -OCH3 is 6. The lowest BCUT2D eigenvalue weighted by molar-refractivity contribution is 0.292. The lowest BCUT2D eigenvalue weighted by Crippen LogP contribution is -2.07. The molecule has 0 radical (unpaired) electrons. The van der Waals surface area contributed by atoms with Crippen molar-refractivity contribution in [2.75, 3.05) is 55.9 Å². The predicted molar refractivity (Wildman–Crippen MR) is 216 cm³/mol. The first-order chi connectivity index (χ1) is 26.4. The molecule has 6 rings (SSSR count). The van der Waals surface area contributed by atoms with Crippen molar-refractivity contribution in [2.24, 2.45) is 0 Å². The van der Waals surface area contributed by atoms with Gasteiger partial charge in [-0.2, -0.15) is 0 Å². The maximum atomic E-state index is 6.68. The molecule has 8 heteroatoms. The fourth-order valence-corrected chi connectivity index (χ4v) is 7.37. The maximum absolute atomic E-state index is 6.68. The molecule has 0 heterocycles. The number of hydrogen-bond acceptors (Lipinski definition) is 8. The topological polar surface area (TPSA) is 73.8 Å². The van der Waals surface area contributed by atoms with Gasteiger partial charge in [0.1, 0.15) is 46.0 Å². The molecule has 4 aromatic carbocycles. The van der Waals surface area contributed by atoms with Crippen molar-refractivity contribution in [3.05, 3.63) is 93.0 Å². The minimum Gasteiger partial charge on any atom is -0.496 e. The third kappa shape index (κ3) is 9.87. The van der Waals surface area contributed by atoms with Crippen LogP contribution in [0.3, 0.4) is 0 Å². The zero-order valence-corrected chi connectivity index (χ0v) is 33.8. The fourth-order valence-electron chi connectivity index (χ4n) is 7.37. The Morgan fingerprint density at radius 3 is 0.815 bits per heavy atom. The number of benzene rings is 4. The van der Waals surface area contributed by atoms with E-state index in [9.17, 15) is 0 Å². The third-order valence-corrected chi connectivity index (χ3v) is 10.3. The molecule has 0 aliphatic heterocycles. The molecular formula is C46H60O8. The van der Waals surface area contributed by atoms with Gasteiger partial charge >= 0.3 is 0 Å². The number of rotatable bonds is 18. The van der Waals surface area contributed by atoms with Crippen LogP contribution in [0, 0.1) is 0 Å². The monoisotopic (exact) mass is 740 g/mol. The SMILES string of the molecule is CCCCCCOc1cc2c(OCCCCCC)cc1Cc1cc(c(OC)cc1OC)Cc1cc(c(OC)cc1OC)Cc1cc(c(OC)cc1OC)C2. The summed E-state index contributed by atoms with van der Waals surface area (Å²) >= 11 is 0. The van der Waals surface area contributed by atoms with Crippen molar-refractivity contribution < 1.29 is 37.9 Å². The quantitative estimate of drug-likeness (QED) is 0.0823. The normalized spacial score (nSPS) is 12.1. The first kappa shape index (κ1) is 40.5. The Morgan fingerprint density at radius 1 is 0.315 bits per heavy atom. The standard InChI is InChI=1S/C46H60O8/c1-9-11-13-15-17-53-45-26-38-25-36-23-34(42(50-6)30-44(36)52-8)21-32-19-31(39(47-3)28-40(32)48-4)20-33-22-35(43(51-7)29-41(33)49-5)24-37(45)27-46(38)54-18-16-14-12-10-2/h19,22-23,26-30H,9-18,20-21,24-25H2,1-8H3. The van der Waals surface area contributed by atoms with Gasteiger partial charge in [-0.05, 0) is 76.6 Å². The molecule has 0 unspecified atom stereocenters. The number of ether oxygens (including phenoxy) is 8. The molecule has 0 spiro atoms. The first-order valence-electron chi connectivity index (χ1n) is 19.5. The fraction of sp³-hybridized carbons (Fsp3) is 0.478. The number of hydrogen-bond donors (Lipinski definition) is 0. The van der Waals surface area contributed by atoms with Crippen molar-refractivity contribution in [2.45, 2.75) is 90.9 Å². The highest BCUT2D eigenvalue weighted by Crippen LogP contribution is 2.41. The molecule has 0 saturated heterocycles. The zero-order valence-electron chi connectivity index (χ0n) is 33.8. The molecule has 0 amide bonds.